The zero-order chi connectivity index (χ0) is 17.7. The lowest BCUT2D eigenvalue weighted by molar-refractivity contribution is 0.0949. The SMILES string of the molecule is Cc1cc2c(C(=O)n3nc4c(c3N)CCN(C(=O)O)C4)cccc2[nH]1. The van der Waals surface area contributed by atoms with E-state index in [9.17, 15) is 9.59 Å². The minimum absolute atomic E-state index is 0.141. The normalized spacial score (nSPS) is 13.9. The van der Waals surface area contributed by atoms with Gasteiger partial charge in [-0.1, -0.05) is 6.07 Å². The number of carbonyl (C=O) groups is 2. The molecule has 0 unspecified atom stereocenters. The summed E-state index contributed by atoms with van der Waals surface area (Å²) in [6.45, 7) is 2.41. The number of fused-ring (bicyclic) bond motifs is 2. The lowest BCUT2D eigenvalue weighted by atomic mass is 10.1. The number of aryl methyl sites for hydroxylation is 1. The van der Waals surface area contributed by atoms with E-state index in [4.69, 9.17) is 10.8 Å². The third-order valence-corrected chi connectivity index (χ3v) is 4.57. The minimum atomic E-state index is -1.00. The van der Waals surface area contributed by atoms with Crippen molar-refractivity contribution < 1.29 is 14.7 Å². The van der Waals surface area contributed by atoms with E-state index in [0.29, 0.717) is 24.2 Å². The van der Waals surface area contributed by atoms with Gasteiger partial charge in [0.2, 0.25) is 0 Å². The molecule has 1 amide bonds. The average molecular weight is 339 g/mol. The van der Waals surface area contributed by atoms with Crippen LogP contribution in [0.3, 0.4) is 0 Å². The molecular weight excluding hydrogens is 322 g/mol. The Kier molecular flexibility index (Phi) is 3.28. The summed E-state index contributed by atoms with van der Waals surface area (Å²) in [4.78, 5) is 28.6. The van der Waals surface area contributed by atoms with Crippen LogP contribution in [0.4, 0.5) is 10.6 Å². The second-order valence-electron chi connectivity index (χ2n) is 6.20. The summed E-state index contributed by atoms with van der Waals surface area (Å²) in [6, 6.07) is 7.36. The summed E-state index contributed by atoms with van der Waals surface area (Å²) in [6.07, 6.45) is -0.550. The van der Waals surface area contributed by atoms with Crippen molar-refractivity contribution in [3.05, 3.63) is 46.8 Å². The Morgan fingerprint density at radius 2 is 2.16 bits per heavy atom. The third-order valence-electron chi connectivity index (χ3n) is 4.57. The first-order valence-electron chi connectivity index (χ1n) is 7.93. The van der Waals surface area contributed by atoms with Crippen LogP contribution in [-0.2, 0) is 13.0 Å². The predicted octanol–water partition coefficient (Wildman–Crippen LogP) is 1.98. The number of nitrogens with one attached hydrogen (secondary N) is 1. The Morgan fingerprint density at radius 3 is 2.92 bits per heavy atom. The van der Waals surface area contributed by atoms with Gasteiger partial charge in [-0.3, -0.25) is 4.79 Å². The Balaban J connectivity index is 1.77. The van der Waals surface area contributed by atoms with Gasteiger partial charge in [0.15, 0.2) is 0 Å². The molecule has 0 bridgehead atoms. The van der Waals surface area contributed by atoms with Gasteiger partial charge in [0.25, 0.3) is 5.91 Å². The van der Waals surface area contributed by atoms with Crippen LogP contribution in [0.1, 0.15) is 27.3 Å². The van der Waals surface area contributed by atoms with E-state index in [2.05, 4.69) is 10.1 Å². The van der Waals surface area contributed by atoms with Crippen molar-refractivity contribution in [1.82, 2.24) is 19.7 Å². The summed E-state index contributed by atoms with van der Waals surface area (Å²) >= 11 is 0. The van der Waals surface area contributed by atoms with Crippen LogP contribution in [0.25, 0.3) is 10.9 Å². The molecule has 1 aliphatic heterocycles. The highest BCUT2D eigenvalue weighted by Gasteiger charge is 2.28. The Labute approximate surface area is 142 Å². The van der Waals surface area contributed by atoms with Gasteiger partial charge in [-0.15, -0.1) is 0 Å². The van der Waals surface area contributed by atoms with Gasteiger partial charge in [0.05, 0.1) is 17.8 Å². The van der Waals surface area contributed by atoms with Crippen molar-refractivity contribution >= 4 is 28.7 Å². The maximum absolute atomic E-state index is 13.0. The van der Waals surface area contributed by atoms with Gasteiger partial charge >= 0.3 is 6.09 Å². The molecule has 0 saturated carbocycles. The highest BCUT2D eigenvalue weighted by Crippen LogP contribution is 2.26. The fourth-order valence-electron chi connectivity index (χ4n) is 3.33. The molecular formula is C17H17N5O3. The number of hydrogen-bond acceptors (Lipinski definition) is 4. The van der Waals surface area contributed by atoms with Gasteiger partial charge in [0, 0.05) is 28.7 Å². The highest BCUT2D eigenvalue weighted by molar-refractivity contribution is 6.08. The van der Waals surface area contributed by atoms with Crippen molar-refractivity contribution in [3.63, 3.8) is 0 Å². The van der Waals surface area contributed by atoms with Crippen LogP contribution in [0.15, 0.2) is 24.3 Å². The van der Waals surface area contributed by atoms with E-state index < -0.39 is 6.09 Å². The second-order valence-corrected chi connectivity index (χ2v) is 6.20. The topological polar surface area (TPSA) is 117 Å². The number of hydrogen-bond donors (Lipinski definition) is 3. The first-order chi connectivity index (χ1) is 12.0. The molecule has 0 fully saturated rings. The van der Waals surface area contributed by atoms with E-state index >= 15 is 0 Å². The Bertz CT molecular complexity index is 1020. The molecule has 3 aromatic rings. The Morgan fingerprint density at radius 1 is 1.36 bits per heavy atom. The molecule has 2 aromatic heterocycles. The van der Waals surface area contributed by atoms with Gasteiger partial charge in [-0.2, -0.15) is 9.78 Å². The van der Waals surface area contributed by atoms with Crippen molar-refractivity contribution in [2.45, 2.75) is 19.9 Å². The molecule has 1 aromatic carbocycles. The molecule has 0 saturated heterocycles. The maximum atomic E-state index is 13.0. The molecule has 4 N–H and O–H groups in total. The van der Waals surface area contributed by atoms with Crippen LogP contribution in [0.2, 0.25) is 0 Å². The van der Waals surface area contributed by atoms with Gasteiger partial charge in [0.1, 0.15) is 5.82 Å². The van der Waals surface area contributed by atoms with Crippen LogP contribution in [0, 0.1) is 6.92 Å². The lowest BCUT2D eigenvalue weighted by Gasteiger charge is -2.22. The van der Waals surface area contributed by atoms with Crippen molar-refractivity contribution in [2.75, 3.05) is 12.3 Å². The van der Waals surface area contributed by atoms with E-state index in [1.807, 2.05) is 19.1 Å². The van der Waals surface area contributed by atoms with Crippen LogP contribution in [-0.4, -0.2) is 43.3 Å². The molecule has 0 radical (unpaired) electrons. The first kappa shape index (κ1) is 15.3. The van der Waals surface area contributed by atoms with Gasteiger partial charge < -0.3 is 20.7 Å². The summed E-state index contributed by atoms with van der Waals surface area (Å²) in [5.74, 6) is -0.0346. The average Bonchev–Trinajstić information content (AvgIpc) is 3.13. The number of carboxylic acid groups (broad SMARTS) is 1. The van der Waals surface area contributed by atoms with E-state index in [1.165, 1.54) is 9.58 Å². The summed E-state index contributed by atoms with van der Waals surface area (Å²) in [5.41, 5.74) is 9.76. The first-order valence-corrected chi connectivity index (χ1v) is 7.93. The molecule has 8 heteroatoms. The molecule has 25 heavy (non-hydrogen) atoms. The molecule has 8 nitrogen and oxygen atoms in total. The number of rotatable bonds is 1. The minimum Gasteiger partial charge on any atom is -0.465 e. The summed E-state index contributed by atoms with van der Waals surface area (Å²) in [7, 11) is 0. The number of nitrogens with zero attached hydrogens (tertiary/aromatic N) is 3. The molecule has 128 valence electrons. The quantitative estimate of drug-likeness (QED) is 0.626. The molecule has 4 rings (SSSR count). The van der Waals surface area contributed by atoms with E-state index in [-0.39, 0.29) is 18.3 Å². The monoisotopic (exact) mass is 339 g/mol. The smallest absolute Gasteiger partial charge is 0.407 e. The summed E-state index contributed by atoms with van der Waals surface area (Å²) in [5, 5.41) is 14.2. The van der Waals surface area contributed by atoms with Crippen LogP contribution in [0.5, 0.6) is 0 Å². The zero-order valence-corrected chi connectivity index (χ0v) is 13.6. The number of anilines is 1. The fourth-order valence-corrected chi connectivity index (χ4v) is 3.33. The Hall–Kier alpha value is -3.29. The van der Waals surface area contributed by atoms with Crippen molar-refractivity contribution in [1.29, 1.82) is 0 Å². The predicted molar refractivity (Wildman–Crippen MR) is 91.5 cm³/mol. The van der Waals surface area contributed by atoms with E-state index in [1.54, 1.807) is 12.1 Å². The summed E-state index contributed by atoms with van der Waals surface area (Å²) < 4.78 is 1.19. The number of aromatic amines is 1. The fraction of sp³-hybridized carbons (Fsp3) is 0.235. The maximum Gasteiger partial charge on any atom is 0.407 e. The number of nitrogens with two attached hydrogens (primary N) is 1. The number of H-pyrrole nitrogens is 1. The lowest BCUT2D eigenvalue weighted by Crippen LogP contribution is -2.34. The van der Waals surface area contributed by atoms with Crippen LogP contribution < -0.4 is 5.73 Å². The third kappa shape index (κ3) is 2.34. The molecule has 3 heterocycles. The number of aromatic nitrogens is 3. The molecule has 0 atom stereocenters. The second kappa shape index (κ2) is 5.37. The van der Waals surface area contributed by atoms with Gasteiger partial charge in [-0.25, -0.2) is 4.79 Å². The highest BCUT2D eigenvalue weighted by atomic mass is 16.4. The standard InChI is InChI=1S/C17H17N5O3/c1-9-7-12-10(3-2-4-13(12)19-9)16(23)22-15(18)11-5-6-21(17(24)25)8-14(11)20-22/h2-4,7,19H,5-6,8,18H2,1H3,(H,24,25). The van der Waals surface area contributed by atoms with Crippen molar-refractivity contribution in [3.8, 4) is 0 Å². The van der Waals surface area contributed by atoms with Crippen molar-refractivity contribution in [2.24, 2.45) is 0 Å². The zero-order valence-electron chi connectivity index (χ0n) is 13.6. The molecule has 1 aliphatic rings. The largest absolute Gasteiger partial charge is 0.465 e. The molecule has 0 aliphatic carbocycles. The number of nitrogen functional groups attached to an aromatic ring is 1. The molecule has 0 spiro atoms. The number of benzene rings is 1. The van der Waals surface area contributed by atoms with E-state index in [0.717, 1.165) is 22.2 Å². The van der Waals surface area contributed by atoms with Gasteiger partial charge in [-0.05, 0) is 31.5 Å². The van der Waals surface area contributed by atoms with Crippen LogP contribution >= 0.6 is 0 Å². The number of carbonyl (C=O) groups excluding carboxylic acids is 1. The number of amides is 1.